The highest BCUT2D eigenvalue weighted by atomic mass is 16.5. The number of Topliss-reactive ketones (excluding diaryl/α,β-unsaturated/α-hetero) is 1. The third-order valence-corrected chi connectivity index (χ3v) is 1.83. The molecule has 4 nitrogen and oxygen atoms in total. The fourth-order valence-corrected chi connectivity index (χ4v) is 1.22. The smallest absolute Gasteiger partial charge is 0.194 e. The van der Waals surface area contributed by atoms with Crippen molar-refractivity contribution < 1.29 is 14.3 Å². The monoisotopic (exact) mass is 195 g/mol. The molecule has 0 aliphatic carbocycles. The summed E-state index contributed by atoms with van der Waals surface area (Å²) in [4.78, 5) is 11.6. The number of nitrogens with two attached hydrogens (primary N) is 1. The van der Waals surface area contributed by atoms with Crippen molar-refractivity contribution in [2.45, 2.75) is 0 Å². The molecular weight excluding hydrogens is 182 g/mol. The molecule has 1 aromatic carbocycles. The van der Waals surface area contributed by atoms with Gasteiger partial charge in [0, 0.05) is 12.8 Å². The second-order valence-electron chi connectivity index (χ2n) is 2.78. The van der Waals surface area contributed by atoms with Crippen LogP contribution in [0.3, 0.4) is 0 Å². The maximum atomic E-state index is 11.6. The molecule has 76 valence electrons. The fourth-order valence-electron chi connectivity index (χ4n) is 1.22. The Morgan fingerprint density at radius 3 is 2.71 bits per heavy atom. The molecule has 0 amide bonds. The van der Waals surface area contributed by atoms with Gasteiger partial charge in [0.2, 0.25) is 0 Å². The van der Waals surface area contributed by atoms with Crippen LogP contribution in [0.2, 0.25) is 0 Å². The van der Waals surface area contributed by atoms with Gasteiger partial charge in [-0.05, 0) is 12.1 Å². The van der Waals surface area contributed by atoms with Gasteiger partial charge in [-0.25, -0.2) is 0 Å². The van der Waals surface area contributed by atoms with Gasteiger partial charge in [-0.3, -0.25) is 4.79 Å². The van der Waals surface area contributed by atoms with E-state index in [1.807, 2.05) is 0 Å². The number of benzene rings is 1. The van der Waals surface area contributed by atoms with E-state index >= 15 is 0 Å². The molecule has 4 heteroatoms. The van der Waals surface area contributed by atoms with Gasteiger partial charge >= 0.3 is 0 Å². The van der Waals surface area contributed by atoms with Gasteiger partial charge in [0.1, 0.15) is 12.4 Å². The van der Waals surface area contributed by atoms with E-state index in [2.05, 4.69) is 0 Å². The average molecular weight is 195 g/mol. The van der Waals surface area contributed by atoms with E-state index in [4.69, 9.17) is 15.2 Å². The Hall–Kier alpha value is -1.55. The molecule has 0 saturated carbocycles. The summed E-state index contributed by atoms with van der Waals surface area (Å²) in [6.07, 6.45) is 0. The van der Waals surface area contributed by atoms with E-state index in [9.17, 15) is 4.79 Å². The molecule has 0 bridgehead atoms. The molecule has 0 atom stereocenters. The van der Waals surface area contributed by atoms with Crippen LogP contribution >= 0.6 is 0 Å². The first-order valence-electron chi connectivity index (χ1n) is 4.15. The first-order valence-corrected chi connectivity index (χ1v) is 4.15. The molecule has 1 aromatic rings. The van der Waals surface area contributed by atoms with Crippen LogP contribution in [0.25, 0.3) is 0 Å². The molecule has 0 radical (unpaired) electrons. The number of carbonyl (C=O) groups excluding carboxylic acids is 1. The number of hydrogen-bond acceptors (Lipinski definition) is 4. The first-order chi connectivity index (χ1) is 6.70. The summed E-state index contributed by atoms with van der Waals surface area (Å²) >= 11 is 0. The van der Waals surface area contributed by atoms with E-state index in [-0.39, 0.29) is 12.4 Å². The molecular formula is C10H13NO3. The van der Waals surface area contributed by atoms with E-state index < -0.39 is 0 Å². The second-order valence-corrected chi connectivity index (χ2v) is 2.78. The first kappa shape index (κ1) is 10.5. The number of hydrogen-bond donors (Lipinski definition) is 1. The predicted octanol–water partition coefficient (Wildman–Crippen LogP) is 1.11. The lowest BCUT2D eigenvalue weighted by molar-refractivity contribution is 0.0846. The normalized spacial score (nSPS) is 9.86. The maximum Gasteiger partial charge on any atom is 0.194 e. The molecule has 0 aliphatic rings. The lowest BCUT2D eigenvalue weighted by atomic mass is 10.1. The standard InChI is InChI=1S/C10H13NO3/c1-13-6-8(12)10-7(11)4-3-5-9(10)14-2/h3-5H,6,11H2,1-2H3. The van der Waals surface area contributed by atoms with Crippen molar-refractivity contribution in [1.82, 2.24) is 0 Å². The maximum absolute atomic E-state index is 11.6. The Balaban J connectivity index is 3.10. The van der Waals surface area contributed by atoms with Gasteiger partial charge in [0.05, 0.1) is 12.7 Å². The number of anilines is 1. The van der Waals surface area contributed by atoms with Crippen molar-refractivity contribution in [3.8, 4) is 5.75 Å². The molecule has 1 rings (SSSR count). The minimum atomic E-state index is -0.178. The number of methoxy groups -OCH3 is 2. The van der Waals surface area contributed by atoms with Crippen molar-refractivity contribution in [2.75, 3.05) is 26.6 Å². The molecule has 0 heterocycles. The topological polar surface area (TPSA) is 61.5 Å². The Morgan fingerprint density at radius 1 is 1.43 bits per heavy atom. The van der Waals surface area contributed by atoms with Crippen molar-refractivity contribution >= 4 is 11.5 Å². The summed E-state index contributed by atoms with van der Waals surface area (Å²) in [5.41, 5.74) is 6.47. The third-order valence-electron chi connectivity index (χ3n) is 1.83. The Labute approximate surface area is 82.6 Å². The van der Waals surface area contributed by atoms with Crippen LogP contribution in [0.5, 0.6) is 5.75 Å². The van der Waals surface area contributed by atoms with Crippen LogP contribution in [0.15, 0.2) is 18.2 Å². The molecule has 0 spiro atoms. The summed E-state index contributed by atoms with van der Waals surface area (Å²) < 4.78 is 9.79. The average Bonchev–Trinajstić information content (AvgIpc) is 2.17. The highest BCUT2D eigenvalue weighted by Crippen LogP contribution is 2.24. The third kappa shape index (κ3) is 2.03. The fraction of sp³-hybridized carbons (Fsp3) is 0.300. The molecule has 2 N–H and O–H groups in total. The van der Waals surface area contributed by atoms with Gasteiger partial charge in [0.25, 0.3) is 0 Å². The highest BCUT2D eigenvalue weighted by molar-refractivity contribution is 6.04. The molecule has 0 aliphatic heterocycles. The van der Waals surface area contributed by atoms with Gasteiger partial charge in [0.15, 0.2) is 5.78 Å². The van der Waals surface area contributed by atoms with Crippen molar-refractivity contribution in [3.05, 3.63) is 23.8 Å². The van der Waals surface area contributed by atoms with E-state index in [0.717, 1.165) is 0 Å². The van der Waals surface area contributed by atoms with Gasteiger partial charge < -0.3 is 15.2 Å². The largest absolute Gasteiger partial charge is 0.496 e. The lowest BCUT2D eigenvalue weighted by Gasteiger charge is -2.09. The van der Waals surface area contributed by atoms with Gasteiger partial charge in [-0.1, -0.05) is 6.07 Å². The van der Waals surface area contributed by atoms with E-state index in [1.54, 1.807) is 18.2 Å². The zero-order valence-corrected chi connectivity index (χ0v) is 8.24. The molecule has 0 saturated heterocycles. The van der Waals surface area contributed by atoms with Crippen LogP contribution in [0.1, 0.15) is 10.4 Å². The molecule has 0 fully saturated rings. The zero-order chi connectivity index (χ0) is 10.6. The van der Waals surface area contributed by atoms with Crippen LogP contribution in [0.4, 0.5) is 5.69 Å². The Morgan fingerprint density at radius 2 is 2.14 bits per heavy atom. The number of ether oxygens (including phenoxy) is 2. The van der Waals surface area contributed by atoms with Crippen LogP contribution < -0.4 is 10.5 Å². The second kappa shape index (κ2) is 4.62. The number of rotatable bonds is 4. The van der Waals surface area contributed by atoms with E-state index in [1.165, 1.54) is 14.2 Å². The molecule has 0 unspecified atom stereocenters. The van der Waals surface area contributed by atoms with Crippen LogP contribution in [-0.4, -0.2) is 26.6 Å². The Bertz CT molecular complexity index is 336. The van der Waals surface area contributed by atoms with Gasteiger partial charge in [-0.2, -0.15) is 0 Å². The predicted molar refractivity (Wildman–Crippen MR) is 53.6 cm³/mol. The Kier molecular flexibility index (Phi) is 3.48. The quantitative estimate of drug-likeness (QED) is 0.577. The van der Waals surface area contributed by atoms with Gasteiger partial charge in [-0.15, -0.1) is 0 Å². The van der Waals surface area contributed by atoms with Crippen molar-refractivity contribution in [3.63, 3.8) is 0 Å². The van der Waals surface area contributed by atoms with Crippen molar-refractivity contribution in [2.24, 2.45) is 0 Å². The molecule has 14 heavy (non-hydrogen) atoms. The minimum absolute atomic E-state index is 0.00454. The number of nitrogen functional groups attached to an aromatic ring is 1. The lowest BCUT2D eigenvalue weighted by Crippen LogP contribution is -2.11. The SMILES string of the molecule is COCC(=O)c1c(N)cccc1OC. The number of ketones is 1. The number of carbonyl (C=O) groups is 1. The van der Waals surface area contributed by atoms with Crippen molar-refractivity contribution in [1.29, 1.82) is 0 Å². The summed E-state index contributed by atoms with van der Waals surface area (Å²) in [6.45, 7) is 0.00454. The summed E-state index contributed by atoms with van der Waals surface area (Å²) in [6, 6.07) is 5.09. The zero-order valence-electron chi connectivity index (χ0n) is 8.24. The molecule has 0 aromatic heterocycles. The summed E-state index contributed by atoms with van der Waals surface area (Å²) in [7, 11) is 2.96. The van der Waals surface area contributed by atoms with E-state index in [0.29, 0.717) is 17.0 Å². The summed E-state index contributed by atoms with van der Waals surface area (Å²) in [5.74, 6) is 0.300. The minimum Gasteiger partial charge on any atom is -0.496 e. The van der Waals surface area contributed by atoms with Crippen LogP contribution in [-0.2, 0) is 4.74 Å². The highest BCUT2D eigenvalue weighted by Gasteiger charge is 2.14. The summed E-state index contributed by atoms with van der Waals surface area (Å²) in [5, 5.41) is 0. The van der Waals surface area contributed by atoms with Crippen LogP contribution in [0, 0.1) is 0 Å².